The summed E-state index contributed by atoms with van der Waals surface area (Å²) < 4.78 is 16.5. The lowest BCUT2D eigenvalue weighted by Gasteiger charge is -2.36. The van der Waals surface area contributed by atoms with E-state index in [-0.39, 0.29) is 17.8 Å². The molecule has 1 amide bonds. The van der Waals surface area contributed by atoms with Crippen molar-refractivity contribution >= 4 is 32.6 Å². The number of hydrogen-bond donors (Lipinski definition) is 0. The van der Waals surface area contributed by atoms with E-state index in [0.717, 1.165) is 41.5 Å². The molecule has 0 saturated carbocycles. The summed E-state index contributed by atoms with van der Waals surface area (Å²) in [5, 5.41) is 5.14. The number of amides is 1. The molecule has 2 aromatic heterocycles. The lowest BCUT2D eigenvalue weighted by atomic mass is 10.0. The van der Waals surface area contributed by atoms with Gasteiger partial charge in [0.15, 0.2) is 10.8 Å². The van der Waals surface area contributed by atoms with Crippen LogP contribution in [-0.2, 0) is 7.05 Å². The van der Waals surface area contributed by atoms with Gasteiger partial charge in [0, 0.05) is 38.9 Å². The molecule has 3 aromatic rings. The van der Waals surface area contributed by atoms with Crippen molar-refractivity contribution in [3.8, 4) is 0 Å². The Balaban J connectivity index is 1.43. The summed E-state index contributed by atoms with van der Waals surface area (Å²) in [6, 6.07) is 7.04. The maximum atomic E-state index is 13.9. The minimum Gasteiger partial charge on any atom is -0.348 e. The molecule has 8 heteroatoms. The maximum absolute atomic E-state index is 13.9. The van der Waals surface area contributed by atoms with Gasteiger partial charge in [-0.3, -0.25) is 9.48 Å². The van der Waals surface area contributed by atoms with Crippen molar-refractivity contribution in [2.24, 2.45) is 7.05 Å². The number of halogens is 1. The fourth-order valence-electron chi connectivity index (χ4n) is 3.49. The maximum Gasteiger partial charge on any atom is 0.274 e. The van der Waals surface area contributed by atoms with E-state index in [4.69, 9.17) is 0 Å². The van der Waals surface area contributed by atoms with E-state index in [1.165, 1.54) is 17.4 Å². The largest absolute Gasteiger partial charge is 0.348 e. The van der Waals surface area contributed by atoms with Crippen LogP contribution in [0, 0.1) is 12.7 Å². The van der Waals surface area contributed by atoms with Crippen LogP contribution in [0.15, 0.2) is 24.3 Å². The fourth-order valence-corrected chi connectivity index (χ4v) is 4.53. The molecular weight excluding hydrogens is 365 g/mol. The molecule has 0 bridgehead atoms. The zero-order valence-electron chi connectivity index (χ0n) is 15.6. The number of aryl methyl sites for hydroxylation is 2. The molecule has 0 aliphatic carbocycles. The second kappa shape index (κ2) is 6.92. The molecule has 1 aliphatic rings. The molecule has 27 heavy (non-hydrogen) atoms. The quantitative estimate of drug-likeness (QED) is 0.692. The predicted octanol–water partition coefficient (Wildman–Crippen LogP) is 3.22. The van der Waals surface area contributed by atoms with E-state index in [1.54, 1.807) is 15.6 Å². The summed E-state index contributed by atoms with van der Waals surface area (Å²) in [5.41, 5.74) is 1.89. The van der Waals surface area contributed by atoms with Gasteiger partial charge in [-0.15, -0.1) is 0 Å². The Morgan fingerprint density at radius 2 is 2.07 bits per heavy atom. The van der Waals surface area contributed by atoms with Crippen molar-refractivity contribution in [3.63, 3.8) is 0 Å². The normalized spacial score (nSPS) is 15.5. The van der Waals surface area contributed by atoms with Gasteiger partial charge in [-0.2, -0.15) is 5.10 Å². The number of piperidine rings is 1. The van der Waals surface area contributed by atoms with Gasteiger partial charge >= 0.3 is 0 Å². The van der Waals surface area contributed by atoms with Gasteiger partial charge < -0.3 is 9.80 Å². The number of fused-ring (bicyclic) bond motifs is 1. The third kappa shape index (κ3) is 3.29. The fraction of sp³-hybridized carbons (Fsp3) is 0.421. The molecule has 6 nitrogen and oxygen atoms in total. The third-order valence-corrected chi connectivity index (χ3v) is 6.38. The highest BCUT2D eigenvalue weighted by atomic mass is 32.1. The van der Waals surface area contributed by atoms with Crippen molar-refractivity contribution in [1.82, 2.24) is 19.7 Å². The first-order valence-corrected chi connectivity index (χ1v) is 9.83. The Hall–Kier alpha value is -2.48. The molecule has 0 radical (unpaired) electrons. The monoisotopic (exact) mass is 387 g/mol. The van der Waals surface area contributed by atoms with Crippen LogP contribution in [0.25, 0.3) is 10.2 Å². The Bertz CT molecular complexity index is 970. The van der Waals surface area contributed by atoms with Crippen LogP contribution in [0.1, 0.15) is 29.0 Å². The predicted molar refractivity (Wildman–Crippen MR) is 105 cm³/mol. The molecule has 1 fully saturated rings. The molecule has 0 atom stereocenters. The number of rotatable bonds is 3. The van der Waals surface area contributed by atoms with Gasteiger partial charge in [0.2, 0.25) is 0 Å². The van der Waals surface area contributed by atoms with E-state index >= 15 is 0 Å². The molecule has 0 unspecified atom stereocenters. The van der Waals surface area contributed by atoms with E-state index in [9.17, 15) is 9.18 Å². The molecule has 3 heterocycles. The summed E-state index contributed by atoms with van der Waals surface area (Å²) >= 11 is 1.52. The summed E-state index contributed by atoms with van der Waals surface area (Å²) in [6.07, 6.45) is 1.71. The van der Waals surface area contributed by atoms with Gasteiger partial charge in [-0.25, -0.2) is 9.37 Å². The molecule has 0 N–H and O–H groups in total. The first kappa shape index (κ1) is 17.9. The van der Waals surface area contributed by atoms with Gasteiger partial charge in [0.25, 0.3) is 5.91 Å². The van der Waals surface area contributed by atoms with Gasteiger partial charge in [-0.05, 0) is 38.0 Å². The Morgan fingerprint density at radius 1 is 1.33 bits per heavy atom. The van der Waals surface area contributed by atoms with Crippen molar-refractivity contribution in [2.45, 2.75) is 25.8 Å². The van der Waals surface area contributed by atoms with Gasteiger partial charge in [0.05, 0.1) is 4.70 Å². The second-order valence-corrected chi connectivity index (χ2v) is 8.02. The van der Waals surface area contributed by atoms with Crippen LogP contribution in [0.5, 0.6) is 0 Å². The highest BCUT2D eigenvalue weighted by Gasteiger charge is 2.28. The Labute approximate surface area is 161 Å². The van der Waals surface area contributed by atoms with E-state index < -0.39 is 0 Å². The van der Waals surface area contributed by atoms with Crippen LogP contribution in [0.2, 0.25) is 0 Å². The first-order chi connectivity index (χ1) is 12.9. The second-order valence-electron chi connectivity index (χ2n) is 7.01. The van der Waals surface area contributed by atoms with Gasteiger partial charge in [0.1, 0.15) is 11.3 Å². The lowest BCUT2D eigenvalue weighted by Crippen LogP contribution is -2.45. The zero-order valence-corrected chi connectivity index (χ0v) is 16.5. The van der Waals surface area contributed by atoms with Crippen molar-refractivity contribution in [2.75, 3.05) is 25.0 Å². The molecule has 1 aliphatic heterocycles. The van der Waals surface area contributed by atoms with Crippen LogP contribution >= 0.6 is 11.3 Å². The summed E-state index contributed by atoms with van der Waals surface area (Å²) in [6.45, 7) is 3.53. The topological polar surface area (TPSA) is 54.3 Å². The molecule has 142 valence electrons. The average Bonchev–Trinajstić information content (AvgIpc) is 3.25. The highest BCUT2D eigenvalue weighted by molar-refractivity contribution is 7.22. The number of hydrogen-bond acceptors (Lipinski definition) is 5. The lowest BCUT2D eigenvalue weighted by molar-refractivity contribution is 0.0702. The van der Waals surface area contributed by atoms with Crippen molar-refractivity contribution in [3.05, 3.63) is 41.5 Å². The number of thiazole rings is 1. The van der Waals surface area contributed by atoms with Gasteiger partial charge in [-0.1, -0.05) is 17.4 Å². The first-order valence-electron chi connectivity index (χ1n) is 9.02. The molecular formula is C19H22FN5OS. The minimum absolute atomic E-state index is 0.0424. The number of para-hydroxylation sites is 1. The number of nitrogens with zero attached hydrogens (tertiary/aromatic N) is 5. The average molecular weight is 387 g/mol. The summed E-state index contributed by atoms with van der Waals surface area (Å²) in [4.78, 5) is 21.2. The van der Waals surface area contributed by atoms with E-state index in [2.05, 4.69) is 15.0 Å². The molecule has 1 saturated heterocycles. The molecule has 1 aromatic carbocycles. The van der Waals surface area contributed by atoms with Crippen LogP contribution in [0.3, 0.4) is 0 Å². The van der Waals surface area contributed by atoms with E-state index in [0.29, 0.717) is 11.2 Å². The number of carbonyl (C=O) groups excluding carboxylic acids is 1. The molecule has 0 spiro atoms. The van der Waals surface area contributed by atoms with Crippen molar-refractivity contribution < 1.29 is 9.18 Å². The SMILES string of the molecule is Cc1cc(C(=O)N(C)C2CCN(c3nc4c(F)cccc4s3)CC2)nn1C. The molecule has 4 rings (SSSR count). The summed E-state index contributed by atoms with van der Waals surface area (Å²) in [7, 11) is 3.69. The standard InChI is InChI=1S/C19H22FN5OS/c1-12-11-15(22-24(12)3)18(26)23(2)13-7-9-25(10-8-13)19-21-17-14(20)5-4-6-16(17)27-19/h4-6,11,13H,7-10H2,1-3H3. The van der Waals surface area contributed by atoms with Crippen molar-refractivity contribution in [1.29, 1.82) is 0 Å². The highest BCUT2D eigenvalue weighted by Crippen LogP contribution is 2.32. The number of aromatic nitrogens is 3. The smallest absolute Gasteiger partial charge is 0.274 e. The van der Waals surface area contributed by atoms with E-state index in [1.807, 2.05) is 33.2 Å². The number of anilines is 1. The minimum atomic E-state index is -0.277. The number of carbonyl (C=O) groups is 1. The van der Waals surface area contributed by atoms with Crippen LogP contribution in [0.4, 0.5) is 9.52 Å². The Kier molecular flexibility index (Phi) is 4.59. The Morgan fingerprint density at radius 3 is 2.70 bits per heavy atom. The number of benzene rings is 1. The van der Waals surface area contributed by atoms with Crippen LogP contribution < -0.4 is 4.90 Å². The van der Waals surface area contributed by atoms with Crippen LogP contribution in [-0.4, -0.2) is 51.8 Å². The zero-order chi connectivity index (χ0) is 19.1. The summed E-state index contributed by atoms with van der Waals surface area (Å²) in [5.74, 6) is -0.319. The third-order valence-electron chi connectivity index (χ3n) is 5.29.